The maximum Gasteiger partial charge on any atom is 0.196 e. The van der Waals surface area contributed by atoms with Crippen molar-refractivity contribution in [2.75, 3.05) is 5.75 Å². The summed E-state index contributed by atoms with van der Waals surface area (Å²) in [5.74, 6) is 1.26. The van der Waals surface area contributed by atoms with Crippen molar-refractivity contribution in [2.45, 2.75) is 25.9 Å². The van der Waals surface area contributed by atoms with Gasteiger partial charge >= 0.3 is 0 Å². The Balaban J connectivity index is 1.81. The van der Waals surface area contributed by atoms with Crippen LogP contribution in [0.2, 0.25) is 0 Å². The van der Waals surface area contributed by atoms with Gasteiger partial charge in [0, 0.05) is 11.3 Å². The average Bonchev–Trinajstić information content (AvgIpc) is 2.96. The molecule has 0 spiro atoms. The number of aryl methyl sites for hydroxylation is 3. The van der Waals surface area contributed by atoms with E-state index in [1.807, 2.05) is 73.9 Å². The summed E-state index contributed by atoms with van der Waals surface area (Å²) in [7, 11) is 0. The molecule has 0 aliphatic carbocycles. The van der Waals surface area contributed by atoms with E-state index in [4.69, 9.17) is 0 Å². The largest absolute Gasteiger partial charge is 0.293 e. The quantitative estimate of drug-likeness (QED) is 0.518. The number of benzene rings is 2. The number of rotatable bonds is 5. The zero-order valence-corrected chi connectivity index (χ0v) is 14.8. The van der Waals surface area contributed by atoms with E-state index in [1.54, 1.807) is 0 Å². The number of Topliss-reactive ketones (excluding diaryl/α,β-unsaturated/α-hetero) is 1. The zero-order chi connectivity index (χ0) is 17.1. The average molecular weight is 337 g/mol. The second-order valence-electron chi connectivity index (χ2n) is 5.73. The molecule has 3 aromatic rings. The first-order valence-corrected chi connectivity index (χ1v) is 8.75. The molecule has 0 aliphatic rings. The van der Waals surface area contributed by atoms with Crippen LogP contribution in [0.3, 0.4) is 0 Å². The van der Waals surface area contributed by atoms with Crippen LogP contribution in [0.1, 0.15) is 27.3 Å². The highest BCUT2D eigenvalue weighted by Crippen LogP contribution is 2.23. The molecule has 0 fully saturated rings. The van der Waals surface area contributed by atoms with Crippen molar-refractivity contribution < 1.29 is 4.79 Å². The first kappa shape index (κ1) is 16.5. The lowest BCUT2D eigenvalue weighted by Gasteiger charge is -2.09. The van der Waals surface area contributed by atoms with Crippen molar-refractivity contribution >= 4 is 17.5 Å². The van der Waals surface area contributed by atoms with Gasteiger partial charge < -0.3 is 0 Å². The van der Waals surface area contributed by atoms with Crippen molar-refractivity contribution in [3.8, 4) is 5.69 Å². The minimum absolute atomic E-state index is 0.112. The monoisotopic (exact) mass is 337 g/mol. The number of aromatic nitrogens is 3. The van der Waals surface area contributed by atoms with Gasteiger partial charge in [-0.25, -0.2) is 0 Å². The summed E-state index contributed by atoms with van der Waals surface area (Å²) in [5.41, 5.74) is 3.89. The number of ketones is 1. The maximum atomic E-state index is 12.6. The van der Waals surface area contributed by atoms with Crippen LogP contribution in [0.15, 0.2) is 53.7 Å². The molecule has 0 radical (unpaired) electrons. The number of nitrogens with zero attached hydrogens (tertiary/aromatic N) is 3. The standard InChI is InChI=1S/C19H19N3OS/c1-13-9-10-14(2)17(11-13)18(23)12-24-19-21-20-15(3)22(19)16-7-5-4-6-8-16/h4-11H,12H2,1-3H3. The summed E-state index contributed by atoms with van der Waals surface area (Å²) in [4.78, 5) is 12.6. The molecule has 5 heteroatoms. The summed E-state index contributed by atoms with van der Waals surface area (Å²) in [6.45, 7) is 5.88. The van der Waals surface area contributed by atoms with Gasteiger partial charge in [0.05, 0.1) is 5.75 Å². The van der Waals surface area contributed by atoms with Crippen LogP contribution in [-0.4, -0.2) is 26.3 Å². The van der Waals surface area contributed by atoms with E-state index in [1.165, 1.54) is 11.8 Å². The lowest BCUT2D eigenvalue weighted by atomic mass is 10.0. The van der Waals surface area contributed by atoms with E-state index < -0.39 is 0 Å². The predicted octanol–water partition coefficient (Wildman–Crippen LogP) is 4.17. The number of hydrogen-bond donors (Lipinski definition) is 0. The molecule has 0 saturated heterocycles. The minimum atomic E-state index is 0.112. The van der Waals surface area contributed by atoms with Crippen LogP contribution in [-0.2, 0) is 0 Å². The topological polar surface area (TPSA) is 47.8 Å². The molecule has 0 aliphatic heterocycles. The van der Waals surface area contributed by atoms with Crippen LogP contribution in [0.25, 0.3) is 5.69 Å². The van der Waals surface area contributed by atoms with Gasteiger partial charge in [-0.3, -0.25) is 9.36 Å². The molecule has 0 atom stereocenters. The van der Waals surface area contributed by atoms with Crippen molar-refractivity contribution in [2.24, 2.45) is 0 Å². The molecule has 0 amide bonds. The highest BCUT2D eigenvalue weighted by Gasteiger charge is 2.15. The molecule has 122 valence electrons. The second-order valence-corrected chi connectivity index (χ2v) is 6.67. The number of carbonyl (C=O) groups excluding carboxylic acids is 1. The van der Waals surface area contributed by atoms with E-state index in [0.29, 0.717) is 5.75 Å². The number of carbonyl (C=O) groups is 1. The Labute approximate surface area is 145 Å². The van der Waals surface area contributed by atoms with Gasteiger partial charge in [0.25, 0.3) is 0 Å². The smallest absolute Gasteiger partial charge is 0.196 e. The lowest BCUT2D eigenvalue weighted by Crippen LogP contribution is -2.07. The second kappa shape index (κ2) is 7.01. The van der Waals surface area contributed by atoms with Crippen LogP contribution in [0, 0.1) is 20.8 Å². The van der Waals surface area contributed by atoms with Crippen molar-refractivity contribution in [1.29, 1.82) is 0 Å². The number of thioether (sulfide) groups is 1. The summed E-state index contributed by atoms with van der Waals surface area (Å²) >= 11 is 1.42. The van der Waals surface area contributed by atoms with Crippen molar-refractivity contribution in [1.82, 2.24) is 14.8 Å². The van der Waals surface area contributed by atoms with E-state index in [-0.39, 0.29) is 5.78 Å². The van der Waals surface area contributed by atoms with Gasteiger partial charge in [-0.1, -0.05) is 47.7 Å². The third-order valence-electron chi connectivity index (χ3n) is 3.84. The van der Waals surface area contributed by atoms with Crippen molar-refractivity contribution in [3.63, 3.8) is 0 Å². The molecule has 0 bridgehead atoms. The molecular formula is C19H19N3OS. The van der Waals surface area contributed by atoms with Gasteiger partial charge in [-0.2, -0.15) is 0 Å². The fourth-order valence-electron chi connectivity index (χ4n) is 2.55. The van der Waals surface area contributed by atoms with E-state index in [2.05, 4.69) is 10.2 Å². The number of para-hydroxylation sites is 1. The van der Waals surface area contributed by atoms with Crippen LogP contribution >= 0.6 is 11.8 Å². The molecule has 0 saturated carbocycles. The van der Waals surface area contributed by atoms with Gasteiger partial charge in [0.15, 0.2) is 10.9 Å². The zero-order valence-electron chi connectivity index (χ0n) is 14.0. The van der Waals surface area contributed by atoms with Gasteiger partial charge in [0.2, 0.25) is 0 Å². The summed E-state index contributed by atoms with van der Waals surface area (Å²) in [6.07, 6.45) is 0. The molecule has 3 rings (SSSR count). The highest BCUT2D eigenvalue weighted by molar-refractivity contribution is 7.99. The number of hydrogen-bond acceptors (Lipinski definition) is 4. The summed E-state index contributed by atoms with van der Waals surface area (Å²) in [5, 5.41) is 9.11. The fourth-order valence-corrected chi connectivity index (χ4v) is 3.44. The third-order valence-corrected chi connectivity index (χ3v) is 4.76. The molecule has 1 heterocycles. The molecule has 2 aromatic carbocycles. The highest BCUT2D eigenvalue weighted by atomic mass is 32.2. The Morgan fingerprint density at radius 1 is 1.04 bits per heavy atom. The summed E-state index contributed by atoms with van der Waals surface area (Å²) < 4.78 is 1.97. The van der Waals surface area contributed by atoms with E-state index >= 15 is 0 Å². The Hall–Kier alpha value is -2.40. The first-order valence-electron chi connectivity index (χ1n) is 7.77. The Kier molecular flexibility index (Phi) is 4.81. The predicted molar refractivity (Wildman–Crippen MR) is 97.1 cm³/mol. The van der Waals surface area contributed by atoms with E-state index in [0.717, 1.165) is 33.4 Å². The van der Waals surface area contributed by atoms with Crippen molar-refractivity contribution in [3.05, 3.63) is 71.0 Å². The normalized spacial score (nSPS) is 10.8. The Morgan fingerprint density at radius 3 is 2.54 bits per heavy atom. The molecule has 0 unspecified atom stereocenters. The summed E-state index contributed by atoms with van der Waals surface area (Å²) in [6, 6.07) is 15.9. The third kappa shape index (κ3) is 3.41. The Morgan fingerprint density at radius 2 is 1.79 bits per heavy atom. The van der Waals surface area contributed by atoms with Gasteiger partial charge in [-0.05, 0) is 44.5 Å². The molecule has 24 heavy (non-hydrogen) atoms. The van der Waals surface area contributed by atoms with Crippen LogP contribution in [0.4, 0.5) is 0 Å². The maximum absolute atomic E-state index is 12.6. The van der Waals surface area contributed by atoms with Gasteiger partial charge in [0.1, 0.15) is 5.82 Å². The minimum Gasteiger partial charge on any atom is -0.293 e. The molecule has 4 nitrogen and oxygen atoms in total. The Bertz CT molecular complexity index is 872. The first-order chi connectivity index (χ1) is 11.6. The lowest BCUT2D eigenvalue weighted by molar-refractivity contribution is 0.102. The molecular weight excluding hydrogens is 318 g/mol. The van der Waals surface area contributed by atoms with Crippen LogP contribution in [0.5, 0.6) is 0 Å². The van der Waals surface area contributed by atoms with E-state index in [9.17, 15) is 4.79 Å². The fraction of sp³-hybridized carbons (Fsp3) is 0.211. The van der Waals surface area contributed by atoms with Gasteiger partial charge in [-0.15, -0.1) is 10.2 Å². The molecule has 0 N–H and O–H groups in total. The molecule has 1 aromatic heterocycles. The van der Waals surface area contributed by atoms with Crippen LogP contribution < -0.4 is 0 Å². The SMILES string of the molecule is Cc1ccc(C)c(C(=O)CSc2nnc(C)n2-c2ccccc2)c1.